The Balaban J connectivity index is 1.84. The van der Waals surface area contributed by atoms with Crippen molar-refractivity contribution in [1.82, 2.24) is 9.97 Å². The highest BCUT2D eigenvalue weighted by Gasteiger charge is 2.16. The minimum absolute atomic E-state index is 0.406. The standard InChI is InChI=1S/C23H23N3O2S/c1-14(2)16-7-5-6-8-18(16)26-22-21-17(12-29-23(21)25-13-24-22)15-9-10-19(27-3)20(11-15)28-4/h5-14H,1-4H3,(H,24,25,26). The molecule has 1 N–H and O–H groups in total. The monoisotopic (exact) mass is 405 g/mol. The van der Waals surface area contributed by atoms with Gasteiger partial charge in [-0.2, -0.15) is 0 Å². The van der Waals surface area contributed by atoms with Crippen LogP contribution in [-0.2, 0) is 0 Å². The first-order valence-electron chi connectivity index (χ1n) is 9.43. The Kier molecular flexibility index (Phi) is 5.36. The van der Waals surface area contributed by atoms with Crippen LogP contribution in [0.15, 0.2) is 54.2 Å². The van der Waals surface area contributed by atoms with Crippen molar-refractivity contribution in [2.45, 2.75) is 19.8 Å². The summed E-state index contributed by atoms with van der Waals surface area (Å²) < 4.78 is 10.9. The van der Waals surface area contributed by atoms with E-state index in [4.69, 9.17) is 9.47 Å². The predicted molar refractivity (Wildman–Crippen MR) is 120 cm³/mol. The zero-order chi connectivity index (χ0) is 20.4. The van der Waals surface area contributed by atoms with Crippen molar-refractivity contribution in [2.75, 3.05) is 19.5 Å². The normalized spacial score (nSPS) is 11.1. The van der Waals surface area contributed by atoms with Crippen LogP contribution in [0.3, 0.4) is 0 Å². The number of hydrogen-bond donors (Lipinski definition) is 1. The summed E-state index contributed by atoms with van der Waals surface area (Å²) in [5.74, 6) is 2.61. The summed E-state index contributed by atoms with van der Waals surface area (Å²) in [6.45, 7) is 4.38. The average Bonchev–Trinajstić information content (AvgIpc) is 3.18. The number of thiophene rings is 1. The van der Waals surface area contributed by atoms with Crippen molar-refractivity contribution in [3.8, 4) is 22.6 Å². The molecule has 2 aromatic carbocycles. The van der Waals surface area contributed by atoms with E-state index in [0.29, 0.717) is 17.4 Å². The molecular weight excluding hydrogens is 382 g/mol. The molecule has 5 nitrogen and oxygen atoms in total. The van der Waals surface area contributed by atoms with E-state index < -0.39 is 0 Å². The molecule has 0 radical (unpaired) electrons. The summed E-state index contributed by atoms with van der Waals surface area (Å²) in [6.07, 6.45) is 1.61. The van der Waals surface area contributed by atoms with Gasteiger partial charge in [0.25, 0.3) is 0 Å². The van der Waals surface area contributed by atoms with Gasteiger partial charge in [-0.1, -0.05) is 38.1 Å². The molecule has 2 heterocycles. The van der Waals surface area contributed by atoms with Gasteiger partial charge in [-0.25, -0.2) is 9.97 Å². The van der Waals surface area contributed by atoms with E-state index in [1.807, 2.05) is 24.3 Å². The quantitative estimate of drug-likeness (QED) is 0.411. The maximum atomic E-state index is 5.49. The minimum Gasteiger partial charge on any atom is -0.493 e. The first-order chi connectivity index (χ1) is 14.1. The Hall–Kier alpha value is -3.12. The number of methoxy groups -OCH3 is 2. The number of para-hydroxylation sites is 1. The Labute approximate surface area is 174 Å². The van der Waals surface area contributed by atoms with Crippen molar-refractivity contribution in [1.29, 1.82) is 0 Å². The fourth-order valence-corrected chi connectivity index (χ4v) is 4.34. The van der Waals surface area contributed by atoms with E-state index >= 15 is 0 Å². The summed E-state index contributed by atoms with van der Waals surface area (Å²) in [5.41, 5.74) is 4.41. The van der Waals surface area contributed by atoms with Crippen LogP contribution in [0.25, 0.3) is 21.3 Å². The van der Waals surface area contributed by atoms with Gasteiger partial charge in [-0.15, -0.1) is 11.3 Å². The van der Waals surface area contributed by atoms with Crippen molar-refractivity contribution >= 4 is 33.1 Å². The number of aromatic nitrogens is 2. The van der Waals surface area contributed by atoms with Crippen molar-refractivity contribution in [3.63, 3.8) is 0 Å². The molecule has 0 saturated carbocycles. The Bertz CT molecular complexity index is 1150. The summed E-state index contributed by atoms with van der Waals surface area (Å²) in [6, 6.07) is 14.3. The van der Waals surface area contributed by atoms with Crippen LogP contribution < -0.4 is 14.8 Å². The fraction of sp³-hybridized carbons (Fsp3) is 0.217. The third kappa shape index (κ3) is 3.63. The second-order valence-corrected chi connectivity index (χ2v) is 7.85. The van der Waals surface area contributed by atoms with Crippen LogP contribution in [0.1, 0.15) is 25.3 Å². The number of benzene rings is 2. The number of rotatable bonds is 6. The van der Waals surface area contributed by atoms with Gasteiger partial charge in [0.1, 0.15) is 17.0 Å². The minimum atomic E-state index is 0.406. The molecule has 2 aromatic heterocycles. The second kappa shape index (κ2) is 8.09. The zero-order valence-electron chi connectivity index (χ0n) is 16.9. The number of fused-ring (bicyclic) bond motifs is 1. The molecule has 29 heavy (non-hydrogen) atoms. The molecule has 6 heteroatoms. The van der Waals surface area contributed by atoms with Crippen LogP contribution in [0.4, 0.5) is 11.5 Å². The summed E-state index contributed by atoms with van der Waals surface area (Å²) >= 11 is 1.60. The lowest BCUT2D eigenvalue weighted by Crippen LogP contribution is -2.00. The third-order valence-corrected chi connectivity index (χ3v) is 5.79. The molecule has 0 aliphatic rings. The lowest BCUT2D eigenvalue weighted by Gasteiger charge is -2.15. The first kappa shape index (κ1) is 19.2. The highest BCUT2D eigenvalue weighted by molar-refractivity contribution is 7.17. The summed E-state index contributed by atoms with van der Waals surface area (Å²) in [4.78, 5) is 9.98. The summed E-state index contributed by atoms with van der Waals surface area (Å²) in [7, 11) is 3.28. The van der Waals surface area contributed by atoms with Gasteiger partial charge in [0.15, 0.2) is 11.5 Å². The zero-order valence-corrected chi connectivity index (χ0v) is 17.7. The highest BCUT2D eigenvalue weighted by atomic mass is 32.1. The molecule has 0 amide bonds. The molecule has 0 aliphatic carbocycles. The Morgan fingerprint density at radius 2 is 1.76 bits per heavy atom. The van der Waals surface area contributed by atoms with Gasteiger partial charge < -0.3 is 14.8 Å². The van der Waals surface area contributed by atoms with E-state index in [1.165, 1.54) is 5.56 Å². The Morgan fingerprint density at radius 3 is 2.52 bits per heavy atom. The number of nitrogens with zero attached hydrogens (tertiary/aromatic N) is 2. The van der Waals surface area contributed by atoms with E-state index in [-0.39, 0.29) is 0 Å². The van der Waals surface area contributed by atoms with Crippen LogP contribution in [-0.4, -0.2) is 24.2 Å². The third-order valence-electron chi connectivity index (χ3n) is 4.90. The molecule has 0 aliphatic heterocycles. The van der Waals surface area contributed by atoms with Crippen molar-refractivity contribution in [2.24, 2.45) is 0 Å². The smallest absolute Gasteiger partial charge is 0.161 e. The highest BCUT2D eigenvalue weighted by Crippen LogP contribution is 2.40. The maximum absolute atomic E-state index is 5.49. The van der Waals surface area contributed by atoms with E-state index in [1.54, 1.807) is 31.9 Å². The number of hydrogen-bond acceptors (Lipinski definition) is 6. The van der Waals surface area contributed by atoms with Gasteiger partial charge in [-0.3, -0.25) is 0 Å². The first-order valence-corrected chi connectivity index (χ1v) is 10.3. The molecule has 148 valence electrons. The van der Waals surface area contributed by atoms with Gasteiger partial charge >= 0.3 is 0 Å². The van der Waals surface area contributed by atoms with Crippen LogP contribution in [0.5, 0.6) is 11.5 Å². The fourth-order valence-electron chi connectivity index (χ4n) is 3.43. The van der Waals surface area contributed by atoms with Gasteiger partial charge in [0.2, 0.25) is 0 Å². The molecule has 4 rings (SSSR count). The van der Waals surface area contributed by atoms with Gasteiger partial charge in [-0.05, 0) is 35.2 Å². The molecular formula is C23H23N3O2S. The van der Waals surface area contributed by atoms with Crippen LogP contribution in [0.2, 0.25) is 0 Å². The number of nitrogens with one attached hydrogen (secondary N) is 1. The largest absolute Gasteiger partial charge is 0.493 e. The molecule has 0 atom stereocenters. The predicted octanol–water partition coefficient (Wildman–Crippen LogP) is 6.24. The SMILES string of the molecule is COc1ccc(-c2csc3ncnc(Nc4ccccc4C(C)C)c23)cc1OC. The summed E-state index contributed by atoms with van der Waals surface area (Å²) in [5, 5.41) is 6.66. The topological polar surface area (TPSA) is 56.3 Å². The Morgan fingerprint density at radius 1 is 0.966 bits per heavy atom. The van der Waals surface area contributed by atoms with E-state index in [2.05, 4.69) is 52.7 Å². The van der Waals surface area contributed by atoms with E-state index in [9.17, 15) is 0 Å². The van der Waals surface area contributed by atoms with Gasteiger partial charge in [0.05, 0.1) is 19.6 Å². The average molecular weight is 406 g/mol. The number of ether oxygens (including phenoxy) is 2. The molecule has 0 bridgehead atoms. The van der Waals surface area contributed by atoms with E-state index in [0.717, 1.165) is 32.8 Å². The molecule has 0 spiro atoms. The van der Waals surface area contributed by atoms with Crippen molar-refractivity contribution in [3.05, 3.63) is 59.7 Å². The van der Waals surface area contributed by atoms with Crippen molar-refractivity contribution < 1.29 is 9.47 Å². The van der Waals surface area contributed by atoms with Crippen LogP contribution >= 0.6 is 11.3 Å². The lowest BCUT2D eigenvalue weighted by atomic mass is 10.0. The molecule has 0 saturated heterocycles. The number of anilines is 2. The van der Waals surface area contributed by atoms with Crippen LogP contribution in [0, 0.1) is 0 Å². The molecule has 0 fully saturated rings. The van der Waals surface area contributed by atoms with Gasteiger partial charge in [0, 0.05) is 16.6 Å². The second-order valence-electron chi connectivity index (χ2n) is 6.99. The lowest BCUT2D eigenvalue weighted by molar-refractivity contribution is 0.355. The molecule has 4 aromatic rings. The maximum Gasteiger partial charge on any atom is 0.161 e. The molecule has 0 unspecified atom stereocenters.